The molecule has 2 aromatic heterocycles. The summed E-state index contributed by atoms with van der Waals surface area (Å²) < 4.78 is 5.45. The Labute approximate surface area is 171 Å². The number of aromatic nitrogens is 1. The van der Waals surface area contributed by atoms with E-state index in [9.17, 15) is 4.79 Å². The fraction of sp³-hybridized carbons (Fsp3) is 0.304. The minimum atomic E-state index is -0.228. The molecule has 1 aliphatic rings. The highest BCUT2D eigenvalue weighted by Crippen LogP contribution is 2.24. The Morgan fingerprint density at radius 2 is 1.93 bits per heavy atom. The first-order chi connectivity index (χ1) is 14.2. The van der Waals surface area contributed by atoms with E-state index in [0.717, 1.165) is 55.1 Å². The summed E-state index contributed by atoms with van der Waals surface area (Å²) in [4.78, 5) is 21.9. The molecule has 3 heterocycles. The second-order valence-corrected chi connectivity index (χ2v) is 7.38. The van der Waals surface area contributed by atoms with Crippen LogP contribution in [0.1, 0.15) is 22.5 Å². The van der Waals surface area contributed by atoms with Crippen molar-refractivity contribution in [3.63, 3.8) is 0 Å². The summed E-state index contributed by atoms with van der Waals surface area (Å²) in [6.07, 6.45) is 4.53. The lowest BCUT2D eigenvalue weighted by atomic mass is 10.1. The number of nitrogens with one attached hydrogen (secondary N) is 1. The molecule has 1 aliphatic heterocycles. The van der Waals surface area contributed by atoms with Gasteiger partial charge in [-0.1, -0.05) is 36.4 Å². The molecule has 0 bridgehead atoms. The van der Waals surface area contributed by atoms with Crippen molar-refractivity contribution < 1.29 is 9.21 Å². The largest absolute Gasteiger partial charge is 0.459 e. The molecule has 1 aromatic carbocycles. The number of furan rings is 1. The van der Waals surface area contributed by atoms with Crippen LogP contribution in [-0.2, 0) is 6.54 Å². The fourth-order valence-corrected chi connectivity index (χ4v) is 3.58. The molecule has 1 N–H and O–H groups in total. The summed E-state index contributed by atoms with van der Waals surface area (Å²) in [6, 6.07) is 15.6. The van der Waals surface area contributed by atoms with E-state index < -0.39 is 0 Å². The highest BCUT2D eigenvalue weighted by Gasteiger charge is 2.17. The Kier molecular flexibility index (Phi) is 5.91. The van der Waals surface area contributed by atoms with Gasteiger partial charge in [0.1, 0.15) is 5.82 Å². The summed E-state index contributed by atoms with van der Waals surface area (Å²) in [5, 5.41) is 2.93. The lowest BCUT2D eigenvalue weighted by Gasteiger charge is -2.21. The first kappa shape index (κ1) is 19.2. The van der Waals surface area contributed by atoms with Gasteiger partial charge in [0.2, 0.25) is 0 Å². The number of likely N-dealkylation sites (N-methyl/N-ethyl adjacent to an activating group) is 1. The molecule has 0 radical (unpaired) electrons. The molecule has 150 valence electrons. The van der Waals surface area contributed by atoms with Gasteiger partial charge in [0.05, 0.1) is 6.26 Å². The van der Waals surface area contributed by atoms with Crippen molar-refractivity contribution in [2.24, 2.45) is 0 Å². The highest BCUT2D eigenvalue weighted by molar-refractivity contribution is 5.98. The topological polar surface area (TPSA) is 61.6 Å². The number of carbonyl (C=O) groups is 1. The summed E-state index contributed by atoms with van der Waals surface area (Å²) in [7, 11) is 2.16. The molecule has 0 saturated carbocycles. The molecule has 29 heavy (non-hydrogen) atoms. The molecule has 1 saturated heterocycles. The SMILES string of the molecule is CN1CCCN(c2ccc(CNC(=O)c3occc3-c3ccccc3)cn2)CC1. The molecule has 0 unspecified atom stereocenters. The average molecular weight is 390 g/mol. The van der Waals surface area contributed by atoms with Crippen LogP contribution in [0.3, 0.4) is 0 Å². The molecule has 4 rings (SSSR count). The van der Waals surface area contributed by atoms with E-state index in [1.54, 1.807) is 6.26 Å². The molecule has 6 nitrogen and oxygen atoms in total. The Balaban J connectivity index is 1.37. The number of hydrogen-bond acceptors (Lipinski definition) is 5. The first-order valence-corrected chi connectivity index (χ1v) is 10.0. The van der Waals surface area contributed by atoms with Gasteiger partial charge in [-0.05, 0) is 43.3 Å². The van der Waals surface area contributed by atoms with Crippen molar-refractivity contribution in [1.29, 1.82) is 0 Å². The van der Waals surface area contributed by atoms with Gasteiger partial charge in [-0.3, -0.25) is 4.79 Å². The van der Waals surface area contributed by atoms with Crippen LogP contribution in [0.2, 0.25) is 0 Å². The van der Waals surface area contributed by atoms with Crippen molar-refractivity contribution in [1.82, 2.24) is 15.2 Å². The smallest absolute Gasteiger partial charge is 0.287 e. The number of benzene rings is 1. The van der Waals surface area contributed by atoms with Gasteiger partial charge in [0.15, 0.2) is 5.76 Å². The monoisotopic (exact) mass is 390 g/mol. The van der Waals surface area contributed by atoms with Crippen LogP contribution in [0.4, 0.5) is 5.82 Å². The molecular formula is C23H26N4O2. The number of anilines is 1. The van der Waals surface area contributed by atoms with E-state index in [1.165, 1.54) is 0 Å². The third kappa shape index (κ3) is 4.66. The van der Waals surface area contributed by atoms with Gasteiger partial charge in [-0.25, -0.2) is 4.98 Å². The maximum absolute atomic E-state index is 12.6. The van der Waals surface area contributed by atoms with Gasteiger partial charge in [-0.15, -0.1) is 0 Å². The summed E-state index contributed by atoms with van der Waals surface area (Å²) in [5.41, 5.74) is 2.71. The maximum Gasteiger partial charge on any atom is 0.287 e. The summed E-state index contributed by atoms with van der Waals surface area (Å²) in [6.45, 7) is 4.59. The highest BCUT2D eigenvalue weighted by atomic mass is 16.3. The number of hydrogen-bond donors (Lipinski definition) is 1. The predicted octanol–water partition coefficient (Wildman–Crippen LogP) is 3.41. The van der Waals surface area contributed by atoms with Crippen molar-refractivity contribution >= 4 is 11.7 Å². The van der Waals surface area contributed by atoms with E-state index in [2.05, 4.69) is 27.1 Å². The third-order valence-electron chi connectivity index (χ3n) is 5.26. The molecule has 3 aromatic rings. The quantitative estimate of drug-likeness (QED) is 0.723. The van der Waals surface area contributed by atoms with Crippen molar-refractivity contribution in [3.8, 4) is 11.1 Å². The van der Waals surface area contributed by atoms with Crippen LogP contribution in [-0.4, -0.2) is 49.0 Å². The van der Waals surface area contributed by atoms with Crippen molar-refractivity contribution in [2.45, 2.75) is 13.0 Å². The lowest BCUT2D eigenvalue weighted by Crippen LogP contribution is -2.29. The first-order valence-electron chi connectivity index (χ1n) is 10.0. The summed E-state index contributed by atoms with van der Waals surface area (Å²) in [5.74, 6) is 1.09. The van der Waals surface area contributed by atoms with Crippen LogP contribution in [0.15, 0.2) is 65.4 Å². The Morgan fingerprint density at radius 3 is 2.72 bits per heavy atom. The van der Waals surface area contributed by atoms with Crippen molar-refractivity contribution in [3.05, 3.63) is 72.3 Å². The Hall–Kier alpha value is -3.12. The third-order valence-corrected chi connectivity index (χ3v) is 5.26. The van der Waals surface area contributed by atoms with Crippen LogP contribution in [0.25, 0.3) is 11.1 Å². The van der Waals surface area contributed by atoms with Crippen LogP contribution in [0, 0.1) is 0 Å². The molecule has 0 atom stereocenters. The standard InChI is InChI=1S/C23H26N4O2/c1-26-11-5-12-27(14-13-26)21-9-8-18(16-24-21)17-25-23(28)22-20(10-15-29-22)19-6-3-2-4-7-19/h2-4,6-10,15-16H,5,11-14,17H2,1H3,(H,25,28). The van der Waals surface area contributed by atoms with Gasteiger partial charge in [-0.2, -0.15) is 0 Å². The molecule has 0 spiro atoms. The second-order valence-electron chi connectivity index (χ2n) is 7.38. The molecule has 1 fully saturated rings. The zero-order valence-electron chi connectivity index (χ0n) is 16.7. The molecule has 0 aliphatic carbocycles. The van der Waals surface area contributed by atoms with Gasteiger partial charge in [0.25, 0.3) is 5.91 Å². The number of carbonyl (C=O) groups excluding carboxylic acids is 1. The van der Waals surface area contributed by atoms with Crippen LogP contribution < -0.4 is 10.2 Å². The average Bonchev–Trinajstić information content (AvgIpc) is 3.16. The van der Waals surface area contributed by atoms with E-state index in [4.69, 9.17) is 4.42 Å². The minimum absolute atomic E-state index is 0.228. The Bertz CT molecular complexity index is 937. The van der Waals surface area contributed by atoms with Gasteiger partial charge in [0, 0.05) is 37.9 Å². The zero-order valence-corrected chi connectivity index (χ0v) is 16.7. The molecule has 1 amide bonds. The normalized spacial score (nSPS) is 15.1. The number of pyridine rings is 1. The molecular weight excluding hydrogens is 364 g/mol. The van der Waals surface area contributed by atoms with E-state index >= 15 is 0 Å². The van der Waals surface area contributed by atoms with Crippen molar-refractivity contribution in [2.75, 3.05) is 38.1 Å². The number of amides is 1. The Morgan fingerprint density at radius 1 is 1.07 bits per heavy atom. The van der Waals surface area contributed by atoms with Crippen LogP contribution in [0.5, 0.6) is 0 Å². The number of rotatable bonds is 5. The maximum atomic E-state index is 12.6. The lowest BCUT2D eigenvalue weighted by molar-refractivity contribution is 0.0924. The second kappa shape index (κ2) is 8.92. The van der Waals surface area contributed by atoms with Gasteiger partial charge >= 0.3 is 0 Å². The van der Waals surface area contributed by atoms with E-state index in [1.807, 2.05) is 54.7 Å². The minimum Gasteiger partial charge on any atom is -0.459 e. The van der Waals surface area contributed by atoms with E-state index in [-0.39, 0.29) is 5.91 Å². The van der Waals surface area contributed by atoms with Crippen LogP contribution >= 0.6 is 0 Å². The summed E-state index contributed by atoms with van der Waals surface area (Å²) >= 11 is 0. The fourth-order valence-electron chi connectivity index (χ4n) is 3.58. The van der Waals surface area contributed by atoms with Gasteiger partial charge < -0.3 is 19.5 Å². The zero-order chi connectivity index (χ0) is 20.1. The molecule has 6 heteroatoms. The number of nitrogens with zero attached hydrogens (tertiary/aromatic N) is 3. The van der Waals surface area contributed by atoms with E-state index in [0.29, 0.717) is 12.3 Å². The predicted molar refractivity (Wildman–Crippen MR) is 114 cm³/mol.